The molecule has 0 fully saturated rings. The Bertz CT molecular complexity index is 770. The number of fused-ring (bicyclic) bond motifs is 1. The fraction of sp³-hybridized carbons (Fsp3) is 0.417. The van der Waals surface area contributed by atoms with Crippen LogP contribution in [0.4, 0.5) is 5.69 Å². The van der Waals surface area contributed by atoms with Gasteiger partial charge in [-0.3, -0.25) is 0 Å². The summed E-state index contributed by atoms with van der Waals surface area (Å²) in [6.07, 6.45) is 0. The molecule has 98 valence electrons. The maximum absolute atomic E-state index is 4.61. The molecule has 2 aromatic rings. The molecule has 7 nitrogen and oxygen atoms in total. The van der Waals surface area contributed by atoms with Gasteiger partial charge in [0, 0.05) is 7.05 Å². The Morgan fingerprint density at radius 3 is 2.37 bits per heavy atom. The van der Waals surface area contributed by atoms with Crippen molar-refractivity contribution in [1.29, 1.82) is 0 Å². The Labute approximate surface area is 110 Å². The van der Waals surface area contributed by atoms with Gasteiger partial charge in [0.25, 0.3) is 0 Å². The molecular formula is C12H15N7. The van der Waals surface area contributed by atoms with Gasteiger partial charge in [-0.05, 0) is 27.7 Å². The molecule has 0 amide bonds. The summed E-state index contributed by atoms with van der Waals surface area (Å²) >= 11 is 0. The molecule has 0 saturated carbocycles. The summed E-state index contributed by atoms with van der Waals surface area (Å²) in [5.41, 5.74) is 3.35. The van der Waals surface area contributed by atoms with Gasteiger partial charge in [0.15, 0.2) is 11.5 Å². The smallest absolute Gasteiger partial charge is 0.180 e. The number of aromatic nitrogens is 4. The van der Waals surface area contributed by atoms with Crippen molar-refractivity contribution in [3.63, 3.8) is 0 Å². The van der Waals surface area contributed by atoms with E-state index in [9.17, 15) is 0 Å². The van der Waals surface area contributed by atoms with E-state index in [0.29, 0.717) is 5.84 Å². The molecule has 7 heteroatoms. The third-order valence-electron chi connectivity index (χ3n) is 3.05. The molecule has 3 rings (SSSR count). The van der Waals surface area contributed by atoms with Crippen LogP contribution in [-0.2, 0) is 7.05 Å². The van der Waals surface area contributed by atoms with Crippen LogP contribution in [0.5, 0.6) is 0 Å². The van der Waals surface area contributed by atoms with Crippen molar-refractivity contribution < 1.29 is 0 Å². The Hall–Kier alpha value is -2.31. The number of nitrogens with zero attached hydrogens (tertiary/aromatic N) is 7. The van der Waals surface area contributed by atoms with Gasteiger partial charge in [-0.1, -0.05) is 0 Å². The fourth-order valence-corrected chi connectivity index (χ4v) is 2.22. The second-order valence-electron chi connectivity index (χ2n) is 4.63. The van der Waals surface area contributed by atoms with Crippen LogP contribution in [0.2, 0.25) is 0 Å². The lowest BCUT2D eigenvalue weighted by atomic mass is 10.3. The minimum atomic E-state index is 0.648. The zero-order chi connectivity index (χ0) is 13.7. The molecular weight excluding hydrogens is 242 g/mol. The predicted octanol–water partition coefficient (Wildman–Crippen LogP) is 1.61. The van der Waals surface area contributed by atoms with Crippen molar-refractivity contribution in [3.05, 3.63) is 11.5 Å². The number of amidine groups is 2. The first kappa shape index (κ1) is 11.8. The molecule has 1 aliphatic rings. The van der Waals surface area contributed by atoms with Crippen molar-refractivity contribution in [2.75, 3.05) is 0 Å². The van der Waals surface area contributed by atoms with E-state index in [1.54, 1.807) is 9.20 Å². The van der Waals surface area contributed by atoms with Crippen LogP contribution in [-0.4, -0.2) is 36.8 Å². The van der Waals surface area contributed by atoms with Crippen molar-refractivity contribution >= 4 is 28.7 Å². The molecule has 0 saturated heterocycles. The predicted molar refractivity (Wildman–Crippen MR) is 74.7 cm³/mol. The zero-order valence-corrected chi connectivity index (χ0v) is 11.6. The summed E-state index contributed by atoms with van der Waals surface area (Å²) in [4.78, 5) is 13.2. The Balaban J connectivity index is 2.24. The molecule has 0 aromatic carbocycles. The van der Waals surface area contributed by atoms with E-state index in [-0.39, 0.29) is 0 Å². The molecule has 1 aliphatic heterocycles. The van der Waals surface area contributed by atoms with E-state index in [4.69, 9.17) is 0 Å². The number of hydrogen-bond donors (Lipinski definition) is 0. The highest BCUT2D eigenvalue weighted by Crippen LogP contribution is 2.26. The average molecular weight is 257 g/mol. The van der Waals surface area contributed by atoms with Gasteiger partial charge in [0.05, 0.1) is 11.4 Å². The summed E-state index contributed by atoms with van der Waals surface area (Å²) in [7, 11) is 1.89. The van der Waals surface area contributed by atoms with Gasteiger partial charge < -0.3 is 0 Å². The highest BCUT2D eigenvalue weighted by Gasteiger charge is 2.18. The molecule has 0 radical (unpaired) electrons. The quantitative estimate of drug-likeness (QED) is 0.778. The van der Waals surface area contributed by atoms with Crippen molar-refractivity contribution in [2.24, 2.45) is 22.0 Å². The average Bonchev–Trinajstić information content (AvgIpc) is 2.89. The summed E-state index contributed by atoms with van der Waals surface area (Å²) in [6.45, 7) is 7.62. The van der Waals surface area contributed by atoms with Crippen molar-refractivity contribution in [2.45, 2.75) is 27.7 Å². The van der Waals surface area contributed by atoms with Gasteiger partial charge in [0.1, 0.15) is 17.3 Å². The SMILES string of the molecule is CC1=NC(=Nc2c(C)nn3c(C)nn(C)c23)C(C)=N1. The van der Waals surface area contributed by atoms with Gasteiger partial charge in [0.2, 0.25) is 0 Å². The first-order valence-electron chi connectivity index (χ1n) is 6.06. The van der Waals surface area contributed by atoms with Crippen LogP contribution in [0.25, 0.3) is 5.65 Å². The molecule has 0 N–H and O–H groups in total. The van der Waals surface area contributed by atoms with Gasteiger partial charge in [-0.2, -0.15) is 14.7 Å². The summed E-state index contributed by atoms with van der Waals surface area (Å²) in [5.74, 6) is 2.22. The van der Waals surface area contributed by atoms with Gasteiger partial charge in [-0.25, -0.2) is 19.7 Å². The third-order valence-corrected chi connectivity index (χ3v) is 3.05. The molecule has 0 atom stereocenters. The highest BCUT2D eigenvalue weighted by molar-refractivity contribution is 6.47. The minimum absolute atomic E-state index is 0.648. The van der Waals surface area contributed by atoms with Crippen LogP contribution in [0.3, 0.4) is 0 Å². The molecule has 3 heterocycles. The number of hydrogen-bond acceptors (Lipinski definition) is 4. The van der Waals surface area contributed by atoms with Crippen LogP contribution in [0, 0.1) is 13.8 Å². The summed E-state index contributed by atoms with van der Waals surface area (Å²) in [5, 5.41) is 8.80. The first-order chi connectivity index (χ1) is 8.97. The molecule has 2 aromatic heterocycles. The number of aliphatic imine (C=N–C) groups is 3. The summed E-state index contributed by atoms with van der Waals surface area (Å²) in [6, 6.07) is 0. The lowest BCUT2D eigenvalue weighted by Crippen LogP contribution is -2.02. The Kier molecular flexibility index (Phi) is 2.38. The maximum atomic E-state index is 4.61. The van der Waals surface area contributed by atoms with E-state index in [1.807, 2.05) is 34.7 Å². The topological polar surface area (TPSA) is 72.2 Å². The monoisotopic (exact) mass is 257 g/mol. The van der Waals surface area contributed by atoms with Crippen LogP contribution in [0.1, 0.15) is 25.4 Å². The lowest BCUT2D eigenvalue weighted by molar-refractivity contribution is 0.779. The zero-order valence-electron chi connectivity index (χ0n) is 11.6. The van der Waals surface area contributed by atoms with Gasteiger partial charge in [-0.15, -0.1) is 0 Å². The maximum Gasteiger partial charge on any atom is 0.180 e. The van der Waals surface area contributed by atoms with Crippen LogP contribution in [0.15, 0.2) is 15.0 Å². The third kappa shape index (κ3) is 1.69. The van der Waals surface area contributed by atoms with Crippen molar-refractivity contribution in [1.82, 2.24) is 19.4 Å². The first-order valence-corrected chi connectivity index (χ1v) is 6.06. The molecule has 0 bridgehead atoms. The molecule has 0 unspecified atom stereocenters. The van der Waals surface area contributed by atoms with E-state index in [0.717, 1.165) is 34.4 Å². The largest absolute Gasteiger partial charge is 0.247 e. The van der Waals surface area contributed by atoms with Crippen LogP contribution < -0.4 is 0 Å². The molecule has 0 spiro atoms. The second-order valence-corrected chi connectivity index (χ2v) is 4.63. The van der Waals surface area contributed by atoms with Gasteiger partial charge >= 0.3 is 0 Å². The Morgan fingerprint density at radius 2 is 1.74 bits per heavy atom. The lowest BCUT2D eigenvalue weighted by Gasteiger charge is -1.96. The van der Waals surface area contributed by atoms with Crippen molar-refractivity contribution in [3.8, 4) is 0 Å². The van der Waals surface area contributed by atoms with Crippen LogP contribution >= 0.6 is 0 Å². The molecule has 0 aliphatic carbocycles. The minimum Gasteiger partial charge on any atom is -0.247 e. The van der Waals surface area contributed by atoms with E-state index < -0.39 is 0 Å². The second kappa shape index (κ2) is 3.84. The fourth-order valence-electron chi connectivity index (χ4n) is 2.22. The summed E-state index contributed by atoms with van der Waals surface area (Å²) < 4.78 is 3.58. The van der Waals surface area contributed by atoms with E-state index in [2.05, 4.69) is 25.2 Å². The van der Waals surface area contributed by atoms with E-state index >= 15 is 0 Å². The normalized spacial score (nSPS) is 17.4. The number of aryl methyl sites for hydroxylation is 3. The highest BCUT2D eigenvalue weighted by atomic mass is 15.4. The van der Waals surface area contributed by atoms with E-state index in [1.165, 1.54) is 0 Å². The molecule has 19 heavy (non-hydrogen) atoms. The standard InChI is InChI=1S/C12H15N7/c1-6-10(15-11-7(2)13-8(3)14-11)12-18(5)17-9(4)19(12)16-6/h1-5H3. The Morgan fingerprint density at radius 1 is 1.00 bits per heavy atom. The number of rotatable bonds is 1.